The predicted molar refractivity (Wildman–Crippen MR) is 29.3 cm³/mol. The van der Waals surface area contributed by atoms with E-state index in [9.17, 15) is 4.79 Å². The van der Waals surface area contributed by atoms with Crippen LogP contribution >= 0.6 is 0 Å². The molecule has 0 saturated heterocycles. The van der Waals surface area contributed by atoms with Crippen molar-refractivity contribution >= 4 is 23.9 Å². The first-order chi connectivity index (χ1) is 2.41. The Morgan fingerprint density at radius 3 is 2.33 bits per heavy atom. The summed E-state index contributed by atoms with van der Waals surface area (Å²) in [6.45, 7) is 0.208. The Balaban J connectivity index is 0. The molecule has 6 heavy (non-hydrogen) atoms. The molecule has 0 spiro atoms. The summed E-state index contributed by atoms with van der Waals surface area (Å²) in [5, 5.41) is 0. The Bertz CT molecular complexity index is 30.0. The Labute approximate surface area is 47.8 Å². The van der Waals surface area contributed by atoms with Crippen LogP contribution in [0.4, 0.5) is 0 Å². The van der Waals surface area contributed by atoms with Crippen LogP contribution in [0, 0.1) is 0 Å². The van der Waals surface area contributed by atoms with E-state index in [1.54, 1.807) is 0 Å². The van der Waals surface area contributed by atoms with Crippen molar-refractivity contribution in [1.29, 1.82) is 0 Å². The summed E-state index contributed by atoms with van der Waals surface area (Å²) < 4.78 is 4.32. The summed E-state index contributed by atoms with van der Waals surface area (Å²) in [6.07, 6.45) is 0.708. The predicted octanol–water partition coefficient (Wildman–Crippen LogP) is -1.62. The van der Waals surface area contributed by atoms with Crippen molar-refractivity contribution in [1.82, 2.24) is 0 Å². The standard InChI is InChI=1S/C3H6O2.GeH4/c1-5-3-2-4;/h2H,3H2,1H3;1H4. The van der Waals surface area contributed by atoms with E-state index >= 15 is 0 Å². The molecule has 0 rings (SSSR count). The Hall–Kier alpha value is 0.173. The van der Waals surface area contributed by atoms with Gasteiger partial charge in [-0.25, -0.2) is 0 Å². The summed E-state index contributed by atoms with van der Waals surface area (Å²) in [6, 6.07) is 0. The first kappa shape index (κ1) is 9.49. The zero-order chi connectivity index (χ0) is 4.12. The molecular formula is C3H10GeO2. The molecule has 0 amide bonds. The normalized spacial score (nSPS) is 6.17. The SMILES string of the molecule is COCC=O.[GeH4]. The molecule has 38 valence electrons. The van der Waals surface area contributed by atoms with E-state index < -0.39 is 0 Å². The van der Waals surface area contributed by atoms with Crippen molar-refractivity contribution in [3.8, 4) is 0 Å². The number of hydrogen-bond donors (Lipinski definition) is 0. The topological polar surface area (TPSA) is 26.3 Å². The van der Waals surface area contributed by atoms with Crippen LogP contribution in [-0.4, -0.2) is 37.6 Å². The van der Waals surface area contributed by atoms with Crippen LogP contribution in [0.1, 0.15) is 0 Å². The third kappa shape index (κ3) is 8.90. The molecule has 0 aromatic rings. The molecule has 0 bridgehead atoms. The fraction of sp³-hybridized carbons (Fsp3) is 0.667. The molecule has 0 aromatic carbocycles. The van der Waals surface area contributed by atoms with E-state index in [0.29, 0.717) is 6.29 Å². The number of carbonyl (C=O) groups excluding carboxylic acids is 1. The first-order valence-electron chi connectivity index (χ1n) is 1.34. The van der Waals surface area contributed by atoms with Crippen molar-refractivity contribution in [2.75, 3.05) is 13.7 Å². The first-order valence-corrected chi connectivity index (χ1v) is 1.34. The minimum absolute atomic E-state index is 0. The van der Waals surface area contributed by atoms with E-state index in [1.807, 2.05) is 0 Å². The Morgan fingerprint density at radius 2 is 2.33 bits per heavy atom. The van der Waals surface area contributed by atoms with Crippen molar-refractivity contribution in [3.05, 3.63) is 0 Å². The molecule has 0 saturated carbocycles. The molecule has 0 aliphatic heterocycles. The van der Waals surface area contributed by atoms with E-state index in [4.69, 9.17) is 0 Å². The van der Waals surface area contributed by atoms with Crippen LogP contribution in [-0.2, 0) is 9.53 Å². The van der Waals surface area contributed by atoms with Crippen LogP contribution in [0.3, 0.4) is 0 Å². The van der Waals surface area contributed by atoms with Gasteiger partial charge in [0.2, 0.25) is 0 Å². The summed E-state index contributed by atoms with van der Waals surface area (Å²) in [4.78, 5) is 9.28. The molecule has 0 atom stereocenters. The van der Waals surface area contributed by atoms with E-state index in [-0.39, 0.29) is 24.2 Å². The van der Waals surface area contributed by atoms with Gasteiger partial charge in [0.25, 0.3) is 0 Å². The van der Waals surface area contributed by atoms with E-state index in [0.717, 1.165) is 0 Å². The molecule has 0 fully saturated rings. The van der Waals surface area contributed by atoms with Gasteiger partial charge in [-0.15, -0.1) is 0 Å². The average molecular weight is 151 g/mol. The quantitative estimate of drug-likeness (QED) is 0.350. The van der Waals surface area contributed by atoms with Gasteiger partial charge in [0.15, 0.2) is 0 Å². The molecular weight excluding hydrogens is 141 g/mol. The third-order valence-corrected chi connectivity index (χ3v) is 0.235. The zero-order valence-electron chi connectivity index (χ0n) is 3.10. The molecule has 2 nitrogen and oxygen atoms in total. The molecule has 3 heteroatoms. The fourth-order valence-electron chi connectivity index (χ4n) is 0.0680. The number of carbonyl (C=O) groups is 1. The van der Waals surface area contributed by atoms with Crippen LogP contribution < -0.4 is 0 Å². The van der Waals surface area contributed by atoms with Crippen molar-refractivity contribution in [2.45, 2.75) is 0 Å². The third-order valence-electron chi connectivity index (χ3n) is 0.235. The van der Waals surface area contributed by atoms with Crippen LogP contribution in [0.2, 0.25) is 0 Å². The number of hydrogen-bond acceptors (Lipinski definition) is 2. The molecule has 0 radical (unpaired) electrons. The second-order valence-electron chi connectivity index (χ2n) is 0.622. The van der Waals surface area contributed by atoms with Gasteiger partial charge in [-0.05, 0) is 0 Å². The Kier molecular flexibility index (Phi) is 14.1. The van der Waals surface area contributed by atoms with E-state index in [1.165, 1.54) is 7.11 Å². The molecule has 0 aliphatic carbocycles. The van der Waals surface area contributed by atoms with Crippen LogP contribution in [0.25, 0.3) is 0 Å². The van der Waals surface area contributed by atoms with Gasteiger partial charge in [-0.1, -0.05) is 0 Å². The second kappa shape index (κ2) is 8.95. The molecule has 0 unspecified atom stereocenters. The van der Waals surface area contributed by atoms with E-state index in [2.05, 4.69) is 4.74 Å². The molecule has 0 heterocycles. The monoisotopic (exact) mass is 152 g/mol. The molecule has 0 aromatic heterocycles. The van der Waals surface area contributed by atoms with Crippen LogP contribution in [0.5, 0.6) is 0 Å². The van der Waals surface area contributed by atoms with Gasteiger partial charge in [0, 0.05) is 7.11 Å². The summed E-state index contributed by atoms with van der Waals surface area (Å²) in [7, 11) is 1.48. The van der Waals surface area contributed by atoms with Gasteiger partial charge in [0.1, 0.15) is 12.9 Å². The van der Waals surface area contributed by atoms with Crippen molar-refractivity contribution in [2.24, 2.45) is 0 Å². The maximum absolute atomic E-state index is 9.28. The number of methoxy groups -OCH3 is 1. The Morgan fingerprint density at radius 1 is 1.83 bits per heavy atom. The average Bonchev–Trinajstić information content (AvgIpc) is 1.41. The summed E-state index contributed by atoms with van der Waals surface area (Å²) >= 11 is 0. The minimum atomic E-state index is 0. The van der Waals surface area contributed by atoms with Crippen LogP contribution in [0.15, 0.2) is 0 Å². The number of ether oxygens (including phenoxy) is 1. The number of aldehydes is 1. The number of rotatable bonds is 2. The van der Waals surface area contributed by atoms with Crippen molar-refractivity contribution in [3.63, 3.8) is 0 Å². The maximum atomic E-state index is 9.28. The second-order valence-corrected chi connectivity index (χ2v) is 0.622. The van der Waals surface area contributed by atoms with Gasteiger partial charge >= 0.3 is 17.6 Å². The summed E-state index contributed by atoms with van der Waals surface area (Å²) in [5.74, 6) is 0. The molecule has 0 N–H and O–H groups in total. The van der Waals surface area contributed by atoms with Gasteiger partial charge in [-0.3, -0.25) is 0 Å². The fourth-order valence-corrected chi connectivity index (χ4v) is 0.0680. The van der Waals surface area contributed by atoms with Gasteiger partial charge in [-0.2, -0.15) is 0 Å². The summed E-state index contributed by atoms with van der Waals surface area (Å²) in [5.41, 5.74) is 0. The molecule has 0 aliphatic rings. The van der Waals surface area contributed by atoms with Crippen molar-refractivity contribution < 1.29 is 9.53 Å². The van der Waals surface area contributed by atoms with Gasteiger partial charge in [0.05, 0.1) is 0 Å². The van der Waals surface area contributed by atoms with Gasteiger partial charge < -0.3 is 9.53 Å². The zero-order valence-corrected chi connectivity index (χ0v) is 3.10.